The Bertz CT molecular complexity index is 995. The molecule has 0 saturated carbocycles. The highest BCUT2D eigenvalue weighted by Crippen LogP contribution is 2.31. The van der Waals surface area contributed by atoms with Crippen LogP contribution in [-0.2, 0) is 25.1 Å². The Morgan fingerprint density at radius 3 is 2.59 bits per heavy atom. The number of halogens is 5. The number of aromatic nitrogens is 3. The van der Waals surface area contributed by atoms with E-state index in [9.17, 15) is 13.2 Å². The van der Waals surface area contributed by atoms with Crippen LogP contribution in [0, 0.1) is 0 Å². The second kappa shape index (κ2) is 9.28. The van der Waals surface area contributed by atoms with Gasteiger partial charge in [0.2, 0.25) is 0 Å². The Hall–Kier alpha value is -1.90. The van der Waals surface area contributed by atoms with Gasteiger partial charge in [-0.2, -0.15) is 13.2 Å². The number of alkyl halides is 3. The number of nitrogens with zero attached hydrogens (tertiary/aromatic N) is 3. The first-order valence-electron chi connectivity index (χ1n) is 8.56. The molecule has 0 amide bonds. The molecule has 0 fully saturated rings. The summed E-state index contributed by atoms with van der Waals surface area (Å²) in [5, 5.41) is 9.78. The minimum absolute atomic E-state index is 0.145. The fraction of sp³-hybridized carbons (Fsp3) is 0.263. The highest BCUT2D eigenvalue weighted by atomic mass is 35.5. The van der Waals surface area contributed by atoms with Crippen molar-refractivity contribution in [3.05, 3.63) is 69.5 Å². The number of hydrogen-bond acceptors (Lipinski definition) is 4. The number of hydrogen-bond donors (Lipinski definition) is 0. The molecule has 0 spiro atoms. The molecule has 0 bridgehead atoms. The van der Waals surface area contributed by atoms with E-state index in [1.165, 1.54) is 17.8 Å². The van der Waals surface area contributed by atoms with E-state index in [4.69, 9.17) is 27.9 Å². The summed E-state index contributed by atoms with van der Waals surface area (Å²) in [5.74, 6) is 1.40. The van der Waals surface area contributed by atoms with Crippen LogP contribution in [0.3, 0.4) is 0 Å². The first kappa shape index (κ1) is 21.8. The smallest absolute Gasteiger partial charge is 0.416 e. The van der Waals surface area contributed by atoms with Gasteiger partial charge in [0, 0.05) is 17.3 Å². The van der Waals surface area contributed by atoms with Gasteiger partial charge in [0.05, 0.1) is 10.6 Å². The first-order chi connectivity index (χ1) is 13.8. The van der Waals surface area contributed by atoms with Gasteiger partial charge >= 0.3 is 6.18 Å². The summed E-state index contributed by atoms with van der Waals surface area (Å²) in [4.78, 5) is 0. The maximum atomic E-state index is 12.9. The van der Waals surface area contributed by atoms with Crippen LogP contribution in [0.4, 0.5) is 13.2 Å². The molecule has 3 rings (SSSR count). The van der Waals surface area contributed by atoms with Crippen LogP contribution < -0.4 is 4.74 Å². The van der Waals surface area contributed by atoms with Crippen molar-refractivity contribution in [1.29, 1.82) is 0 Å². The summed E-state index contributed by atoms with van der Waals surface area (Å²) >= 11 is 13.3. The highest BCUT2D eigenvalue weighted by Gasteiger charge is 2.30. The molecular formula is C19H16Cl2F3N3OS. The predicted molar refractivity (Wildman–Crippen MR) is 107 cm³/mol. The van der Waals surface area contributed by atoms with Gasteiger partial charge in [0.25, 0.3) is 0 Å². The number of benzene rings is 2. The quantitative estimate of drug-likeness (QED) is 0.376. The molecule has 0 aliphatic carbocycles. The van der Waals surface area contributed by atoms with E-state index < -0.39 is 11.7 Å². The lowest BCUT2D eigenvalue weighted by Crippen LogP contribution is -2.07. The number of rotatable bonds is 7. The topological polar surface area (TPSA) is 39.9 Å². The Kier molecular flexibility index (Phi) is 6.97. The molecular weight excluding hydrogens is 446 g/mol. The van der Waals surface area contributed by atoms with Crippen molar-refractivity contribution in [1.82, 2.24) is 14.8 Å². The number of thioether (sulfide) groups is 1. The summed E-state index contributed by atoms with van der Waals surface area (Å²) in [6.45, 7) is 2.66. The Morgan fingerprint density at radius 2 is 1.90 bits per heavy atom. The monoisotopic (exact) mass is 461 g/mol. The minimum atomic E-state index is -4.36. The average Bonchev–Trinajstić information content (AvgIpc) is 3.07. The predicted octanol–water partition coefficient (Wildman–Crippen LogP) is 6.49. The molecule has 0 atom stereocenters. The van der Waals surface area contributed by atoms with E-state index in [-0.39, 0.29) is 6.61 Å². The lowest BCUT2D eigenvalue weighted by atomic mass is 10.1. The molecule has 0 radical (unpaired) electrons. The second-order valence-corrected chi connectivity index (χ2v) is 7.78. The molecule has 1 aromatic heterocycles. The SMILES string of the molecule is CCn1c(COc2ccc(Cl)cc2Cl)nnc1SCc1cccc(C(F)(F)F)c1. The molecule has 2 aromatic carbocycles. The van der Waals surface area contributed by atoms with Gasteiger partial charge in [-0.1, -0.05) is 53.2 Å². The van der Waals surface area contributed by atoms with Crippen LogP contribution >= 0.6 is 35.0 Å². The van der Waals surface area contributed by atoms with Gasteiger partial charge < -0.3 is 9.30 Å². The van der Waals surface area contributed by atoms with Crippen molar-refractivity contribution in [3.63, 3.8) is 0 Å². The molecule has 0 N–H and O–H groups in total. The Morgan fingerprint density at radius 1 is 1.10 bits per heavy atom. The standard InChI is InChI=1S/C19H16Cl2F3N3OS/c1-2-27-17(10-28-16-7-6-14(20)9-15(16)21)25-26-18(27)29-11-12-4-3-5-13(8-12)19(22,23)24/h3-9H,2,10-11H2,1H3. The molecule has 0 aliphatic heterocycles. The lowest BCUT2D eigenvalue weighted by molar-refractivity contribution is -0.137. The number of ether oxygens (including phenoxy) is 1. The van der Waals surface area contributed by atoms with Crippen molar-refractivity contribution < 1.29 is 17.9 Å². The van der Waals surface area contributed by atoms with Crippen LogP contribution in [0.2, 0.25) is 10.0 Å². The zero-order chi connectivity index (χ0) is 21.0. The van der Waals surface area contributed by atoms with E-state index in [2.05, 4.69) is 10.2 Å². The third-order valence-electron chi connectivity index (χ3n) is 3.98. The lowest BCUT2D eigenvalue weighted by Gasteiger charge is -2.11. The average molecular weight is 462 g/mol. The fourth-order valence-electron chi connectivity index (χ4n) is 2.57. The van der Waals surface area contributed by atoms with E-state index in [1.807, 2.05) is 11.5 Å². The molecule has 1 heterocycles. The molecule has 0 unspecified atom stereocenters. The molecule has 3 aromatic rings. The van der Waals surface area contributed by atoms with E-state index >= 15 is 0 Å². The maximum Gasteiger partial charge on any atom is 0.416 e. The van der Waals surface area contributed by atoms with Crippen molar-refractivity contribution in [3.8, 4) is 5.75 Å². The van der Waals surface area contributed by atoms with Crippen molar-refractivity contribution in [2.75, 3.05) is 0 Å². The third kappa shape index (κ3) is 5.58. The van der Waals surface area contributed by atoms with Crippen molar-refractivity contribution in [2.45, 2.75) is 37.2 Å². The highest BCUT2D eigenvalue weighted by molar-refractivity contribution is 7.98. The molecule has 154 valence electrons. The van der Waals surface area contributed by atoms with Gasteiger partial charge in [-0.25, -0.2) is 0 Å². The van der Waals surface area contributed by atoms with Gasteiger partial charge in [0.1, 0.15) is 12.4 Å². The zero-order valence-corrected chi connectivity index (χ0v) is 17.5. The van der Waals surface area contributed by atoms with Crippen molar-refractivity contribution >= 4 is 35.0 Å². The summed E-state index contributed by atoms with van der Waals surface area (Å²) in [5.41, 5.74) is -0.109. The summed E-state index contributed by atoms with van der Waals surface area (Å²) in [7, 11) is 0. The molecule has 0 saturated heterocycles. The van der Waals surface area contributed by atoms with Crippen LogP contribution in [-0.4, -0.2) is 14.8 Å². The Balaban J connectivity index is 1.68. The second-order valence-electron chi connectivity index (χ2n) is 5.99. The fourth-order valence-corrected chi connectivity index (χ4v) is 4.00. The van der Waals surface area contributed by atoms with Gasteiger partial charge in [-0.3, -0.25) is 0 Å². The van der Waals surface area contributed by atoms with Crippen LogP contribution in [0.5, 0.6) is 5.75 Å². The Labute approximate surface area is 180 Å². The summed E-state index contributed by atoms with van der Waals surface area (Å²) in [6, 6.07) is 10.2. The normalized spacial score (nSPS) is 11.7. The zero-order valence-electron chi connectivity index (χ0n) is 15.2. The molecule has 29 heavy (non-hydrogen) atoms. The minimum Gasteiger partial charge on any atom is -0.484 e. The van der Waals surface area contributed by atoms with Crippen LogP contribution in [0.25, 0.3) is 0 Å². The first-order valence-corrected chi connectivity index (χ1v) is 10.3. The molecule has 4 nitrogen and oxygen atoms in total. The molecule has 10 heteroatoms. The van der Waals surface area contributed by atoms with E-state index in [1.54, 1.807) is 24.3 Å². The molecule has 0 aliphatic rings. The van der Waals surface area contributed by atoms with Crippen LogP contribution in [0.15, 0.2) is 47.6 Å². The van der Waals surface area contributed by atoms with Gasteiger partial charge in [0.15, 0.2) is 11.0 Å². The van der Waals surface area contributed by atoms with Gasteiger partial charge in [-0.15, -0.1) is 10.2 Å². The van der Waals surface area contributed by atoms with E-state index in [0.717, 1.165) is 12.1 Å². The summed E-state index contributed by atoms with van der Waals surface area (Å²) in [6.07, 6.45) is -4.36. The summed E-state index contributed by atoms with van der Waals surface area (Å²) < 4.78 is 46.1. The van der Waals surface area contributed by atoms with E-state index in [0.29, 0.717) is 44.6 Å². The van der Waals surface area contributed by atoms with Crippen LogP contribution in [0.1, 0.15) is 23.9 Å². The third-order valence-corrected chi connectivity index (χ3v) is 5.55. The van der Waals surface area contributed by atoms with Crippen molar-refractivity contribution in [2.24, 2.45) is 0 Å². The largest absolute Gasteiger partial charge is 0.484 e. The maximum absolute atomic E-state index is 12.9. The van der Waals surface area contributed by atoms with Gasteiger partial charge in [-0.05, 0) is 36.8 Å².